The highest BCUT2D eigenvalue weighted by atomic mass is 79.9. The van der Waals surface area contributed by atoms with E-state index in [9.17, 15) is 4.39 Å². The lowest BCUT2D eigenvalue weighted by atomic mass is 10.0. The molecule has 0 aromatic heterocycles. The van der Waals surface area contributed by atoms with Crippen molar-refractivity contribution < 1.29 is 4.39 Å². The topological polar surface area (TPSA) is 26.0 Å². The molecule has 14 heavy (non-hydrogen) atoms. The second-order valence-electron chi connectivity index (χ2n) is 2.88. The number of rotatable bonds is 2. The van der Waals surface area contributed by atoms with Gasteiger partial charge in [0.15, 0.2) is 0 Å². The summed E-state index contributed by atoms with van der Waals surface area (Å²) in [7, 11) is 0. The Morgan fingerprint density at radius 3 is 2.93 bits per heavy atom. The van der Waals surface area contributed by atoms with Crippen molar-refractivity contribution in [2.24, 2.45) is 5.73 Å². The van der Waals surface area contributed by atoms with E-state index in [4.69, 9.17) is 5.73 Å². The van der Waals surface area contributed by atoms with Crippen molar-refractivity contribution in [3.63, 3.8) is 0 Å². The van der Waals surface area contributed by atoms with Crippen LogP contribution in [0.2, 0.25) is 0 Å². The maximum absolute atomic E-state index is 13.5. The average molecular weight is 256 g/mol. The predicted molar refractivity (Wildman–Crippen MR) is 59.1 cm³/mol. The molecule has 0 fully saturated rings. The van der Waals surface area contributed by atoms with Crippen molar-refractivity contribution in [2.75, 3.05) is 0 Å². The molecule has 1 aromatic rings. The second kappa shape index (κ2) is 5.14. The predicted octanol–water partition coefficient (Wildman–Crippen LogP) is 3.00. The first-order valence-corrected chi connectivity index (χ1v) is 5.05. The largest absolute Gasteiger partial charge is 0.323 e. The van der Waals surface area contributed by atoms with Gasteiger partial charge in [0.25, 0.3) is 0 Å². The van der Waals surface area contributed by atoms with Gasteiger partial charge in [0.2, 0.25) is 0 Å². The molecule has 0 saturated heterocycles. The highest BCUT2D eigenvalue weighted by Crippen LogP contribution is 2.23. The zero-order valence-electron chi connectivity index (χ0n) is 7.85. The lowest BCUT2D eigenvalue weighted by molar-refractivity contribution is 0.579. The van der Waals surface area contributed by atoms with E-state index in [0.29, 0.717) is 16.5 Å². The summed E-state index contributed by atoms with van der Waals surface area (Å²) < 4.78 is 13.9. The Bertz CT molecular complexity index is 379. The fourth-order valence-corrected chi connectivity index (χ4v) is 1.51. The van der Waals surface area contributed by atoms with E-state index in [-0.39, 0.29) is 11.9 Å². The molecule has 0 bridgehead atoms. The van der Waals surface area contributed by atoms with Crippen molar-refractivity contribution in [3.05, 3.63) is 34.1 Å². The fourth-order valence-electron chi connectivity index (χ4n) is 1.13. The van der Waals surface area contributed by atoms with Gasteiger partial charge in [0, 0.05) is 18.0 Å². The van der Waals surface area contributed by atoms with E-state index in [0.717, 1.165) is 0 Å². The van der Waals surface area contributed by atoms with Gasteiger partial charge in [-0.3, -0.25) is 0 Å². The lowest BCUT2D eigenvalue weighted by Gasteiger charge is -2.10. The van der Waals surface area contributed by atoms with Crippen LogP contribution in [-0.2, 0) is 0 Å². The van der Waals surface area contributed by atoms with Crippen LogP contribution in [0, 0.1) is 17.7 Å². The molecule has 0 spiro atoms. The highest BCUT2D eigenvalue weighted by Gasteiger charge is 2.11. The molecule has 74 valence electrons. The zero-order chi connectivity index (χ0) is 10.6. The van der Waals surface area contributed by atoms with Crippen LogP contribution in [-0.4, -0.2) is 0 Å². The SMILES string of the molecule is CC#CCC(N)c1cccc(Br)c1F. The summed E-state index contributed by atoms with van der Waals surface area (Å²) in [5, 5.41) is 0. The van der Waals surface area contributed by atoms with Crippen molar-refractivity contribution >= 4 is 15.9 Å². The van der Waals surface area contributed by atoms with Gasteiger partial charge in [0.1, 0.15) is 5.82 Å². The summed E-state index contributed by atoms with van der Waals surface area (Å²) in [6.07, 6.45) is 0.476. The van der Waals surface area contributed by atoms with E-state index in [1.807, 2.05) is 0 Å². The molecule has 0 saturated carbocycles. The molecule has 0 radical (unpaired) electrons. The van der Waals surface area contributed by atoms with E-state index >= 15 is 0 Å². The van der Waals surface area contributed by atoms with Gasteiger partial charge in [0.05, 0.1) is 4.47 Å². The average Bonchev–Trinajstić information content (AvgIpc) is 2.18. The van der Waals surface area contributed by atoms with Crippen molar-refractivity contribution in [3.8, 4) is 11.8 Å². The van der Waals surface area contributed by atoms with Gasteiger partial charge >= 0.3 is 0 Å². The minimum atomic E-state index is -0.361. The van der Waals surface area contributed by atoms with Crippen LogP contribution in [0.4, 0.5) is 4.39 Å². The number of nitrogens with two attached hydrogens (primary N) is 1. The summed E-state index contributed by atoms with van der Waals surface area (Å²) in [5.41, 5.74) is 6.29. The van der Waals surface area contributed by atoms with Crippen LogP contribution in [0.15, 0.2) is 22.7 Å². The van der Waals surface area contributed by atoms with Gasteiger partial charge in [-0.05, 0) is 28.9 Å². The van der Waals surface area contributed by atoms with E-state index < -0.39 is 0 Å². The van der Waals surface area contributed by atoms with E-state index in [2.05, 4.69) is 27.8 Å². The number of hydrogen-bond acceptors (Lipinski definition) is 1. The van der Waals surface area contributed by atoms with Gasteiger partial charge in [-0.15, -0.1) is 11.8 Å². The second-order valence-corrected chi connectivity index (χ2v) is 3.73. The van der Waals surface area contributed by atoms with Gasteiger partial charge < -0.3 is 5.73 Å². The van der Waals surface area contributed by atoms with Crippen LogP contribution in [0.3, 0.4) is 0 Å². The molecular formula is C11H11BrFN. The fraction of sp³-hybridized carbons (Fsp3) is 0.273. The smallest absolute Gasteiger partial charge is 0.142 e. The Kier molecular flexibility index (Phi) is 4.12. The van der Waals surface area contributed by atoms with Crippen LogP contribution >= 0.6 is 15.9 Å². The quantitative estimate of drug-likeness (QED) is 0.809. The molecule has 1 atom stereocenters. The number of halogens is 2. The Balaban J connectivity index is 2.93. The van der Waals surface area contributed by atoms with Crippen LogP contribution < -0.4 is 5.73 Å². The van der Waals surface area contributed by atoms with Crippen molar-refractivity contribution in [2.45, 2.75) is 19.4 Å². The minimum absolute atomic E-state index is 0.294. The van der Waals surface area contributed by atoms with Crippen LogP contribution in [0.1, 0.15) is 24.9 Å². The third-order valence-corrected chi connectivity index (χ3v) is 2.49. The standard InChI is InChI=1S/C11H11BrFN/c1-2-3-7-10(14)8-5-4-6-9(12)11(8)13/h4-6,10H,7,14H2,1H3. The molecule has 1 rings (SSSR count). The zero-order valence-corrected chi connectivity index (χ0v) is 9.44. The molecule has 0 aliphatic carbocycles. The molecule has 1 aromatic carbocycles. The summed E-state index contributed by atoms with van der Waals surface area (Å²) in [4.78, 5) is 0. The number of hydrogen-bond donors (Lipinski definition) is 1. The molecule has 0 heterocycles. The lowest BCUT2D eigenvalue weighted by Crippen LogP contribution is -2.11. The van der Waals surface area contributed by atoms with Crippen molar-refractivity contribution in [1.29, 1.82) is 0 Å². The van der Waals surface area contributed by atoms with Crippen molar-refractivity contribution in [1.82, 2.24) is 0 Å². The monoisotopic (exact) mass is 255 g/mol. The summed E-state index contributed by atoms with van der Waals surface area (Å²) >= 11 is 3.12. The van der Waals surface area contributed by atoms with E-state index in [1.165, 1.54) is 0 Å². The van der Waals surface area contributed by atoms with E-state index in [1.54, 1.807) is 25.1 Å². The Hall–Kier alpha value is -0.850. The highest BCUT2D eigenvalue weighted by molar-refractivity contribution is 9.10. The molecular weight excluding hydrogens is 245 g/mol. The molecule has 0 aliphatic rings. The molecule has 2 N–H and O–H groups in total. The van der Waals surface area contributed by atoms with Crippen LogP contribution in [0.25, 0.3) is 0 Å². The normalized spacial score (nSPS) is 11.7. The summed E-state index contributed by atoms with van der Waals surface area (Å²) in [6, 6.07) is 4.74. The Morgan fingerprint density at radius 2 is 2.29 bits per heavy atom. The van der Waals surface area contributed by atoms with Crippen LogP contribution in [0.5, 0.6) is 0 Å². The van der Waals surface area contributed by atoms with Gasteiger partial charge in [-0.25, -0.2) is 4.39 Å². The Labute approximate surface area is 91.6 Å². The third kappa shape index (κ3) is 2.57. The minimum Gasteiger partial charge on any atom is -0.323 e. The molecule has 3 heteroatoms. The first-order chi connectivity index (χ1) is 6.66. The third-order valence-electron chi connectivity index (χ3n) is 1.88. The maximum Gasteiger partial charge on any atom is 0.142 e. The molecule has 0 amide bonds. The first-order valence-electron chi connectivity index (χ1n) is 4.26. The Morgan fingerprint density at radius 1 is 1.57 bits per heavy atom. The molecule has 1 nitrogen and oxygen atoms in total. The summed E-state index contributed by atoms with van der Waals surface area (Å²) in [5.74, 6) is 5.28. The first kappa shape index (κ1) is 11.2. The molecule has 1 unspecified atom stereocenters. The number of benzene rings is 1. The van der Waals surface area contributed by atoms with Gasteiger partial charge in [-0.2, -0.15) is 0 Å². The van der Waals surface area contributed by atoms with Gasteiger partial charge in [-0.1, -0.05) is 12.1 Å². The maximum atomic E-state index is 13.5. The molecule has 0 aliphatic heterocycles. The summed E-state index contributed by atoms with van der Waals surface area (Å²) in [6.45, 7) is 1.74.